The van der Waals surface area contributed by atoms with E-state index in [0.717, 1.165) is 10.7 Å². The van der Waals surface area contributed by atoms with Gasteiger partial charge in [-0.15, -0.1) is 11.3 Å². The molecule has 6 nitrogen and oxygen atoms in total. The summed E-state index contributed by atoms with van der Waals surface area (Å²) in [5, 5.41) is 11.5. The zero-order chi connectivity index (χ0) is 13.6. The number of aliphatic carboxylic acids is 1. The van der Waals surface area contributed by atoms with E-state index >= 15 is 0 Å². The number of carboxylic acid groups (broad SMARTS) is 1. The highest BCUT2D eigenvalue weighted by Crippen LogP contribution is 2.26. The predicted molar refractivity (Wildman–Crippen MR) is 72.5 cm³/mol. The van der Waals surface area contributed by atoms with Crippen molar-refractivity contribution >= 4 is 33.9 Å². The molecule has 1 saturated heterocycles. The largest absolute Gasteiger partial charge is 0.480 e. The first-order chi connectivity index (χ1) is 8.99. The van der Waals surface area contributed by atoms with E-state index in [-0.39, 0.29) is 0 Å². The van der Waals surface area contributed by atoms with Crippen molar-refractivity contribution in [3.8, 4) is 0 Å². The zero-order valence-electron chi connectivity index (χ0n) is 10.0. The van der Waals surface area contributed by atoms with Crippen molar-refractivity contribution in [3.63, 3.8) is 0 Å². The highest BCUT2D eigenvalue weighted by Gasteiger charge is 2.41. The monoisotopic (exact) mass is 300 g/mol. The van der Waals surface area contributed by atoms with Crippen LogP contribution in [-0.4, -0.2) is 44.0 Å². The van der Waals surface area contributed by atoms with Crippen molar-refractivity contribution in [2.45, 2.75) is 18.5 Å². The number of carboxylic acids is 1. The Hall–Kier alpha value is -1.15. The molecule has 0 unspecified atom stereocenters. The lowest BCUT2D eigenvalue weighted by molar-refractivity contribution is -0.142. The smallest absolute Gasteiger partial charge is 0.325 e. The number of thiazole rings is 1. The second-order valence-corrected chi connectivity index (χ2v) is 6.06. The van der Waals surface area contributed by atoms with Crippen LogP contribution >= 0.6 is 22.9 Å². The van der Waals surface area contributed by atoms with Crippen LogP contribution in [0.25, 0.3) is 4.96 Å². The minimum atomic E-state index is -1.15. The number of nitrogens with two attached hydrogens (primary N) is 1. The Balaban J connectivity index is 1.81. The molecule has 2 aromatic heterocycles. The Morgan fingerprint density at radius 2 is 2.47 bits per heavy atom. The second-order valence-electron chi connectivity index (χ2n) is 4.83. The van der Waals surface area contributed by atoms with E-state index in [0.29, 0.717) is 31.2 Å². The standard InChI is InChI=1S/C11H13ClN4O2S/c12-8-7(16-3-4-19-10(16)14-8)5-15-2-1-11(13,6-15)9(17)18/h3-4H,1-2,5-6,13H2,(H,17,18)/t11-/m1/s1. The third kappa shape index (κ3) is 2.12. The van der Waals surface area contributed by atoms with Crippen LogP contribution in [0.4, 0.5) is 0 Å². The van der Waals surface area contributed by atoms with Crippen LogP contribution in [0.2, 0.25) is 5.15 Å². The molecule has 1 aliphatic rings. The topological polar surface area (TPSA) is 83.9 Å². The van der Waals surface area contributed by atoms with Crippen LogP contribution in [0, 0.1) is 0 Å². The van der Waals surface area contributed by atoms with Gasteiger partial charge in [0, 0.05) is 31.2 Å². The normalized spacial score (nSPS) is 24.3. The van der Waals surface area contributed by atoms with Crippen LogP contribution in [0.3, 0.4) is 0 Å². The fraction of sp³-hybridized carbons (Fsp3) is 0.455. The number of hydrogen-bond donors (Lipinski definition) is 2. The lowest BCUT2D eigenvalue weighted by atomic mass is 10.0. The summed E-state index contributed by atoms with van der Waals surface area (Å²) in [4.78, 5) is 18.2. The zero-order valence-corrected chi connectivity index (χ0v) is 11.6. The Labute approximate surface area is 118 Å². The molecule has 3 heterocycles. The maximum Gasteiger partial charge on any atom is 0.325 e. The van der Waals surface area contributed by atoms with E-state index in [2.05, 4.69) is 4.98 Å². The molecule has 0 radical (unpaired) electrons. The maximum atomic E-state index is 11.1. The molecule has 102 valence electrons. The summed E-state index contributed by atoms with van der Waals surface area (Å²) < 4.78 is 1.93. The highest BCUT2D eigenvalue weighted by molar-refractivity contribution is 7.15. The molecule has 0 spiro atoms. The quantitative estimate of drug-likeness (QED) is 0.885. The van der Waals surface area contributed by atoms with E-state index in [1.165, 1.54) is 11.3 Å². The van der Waals surface area contributed by atoms with Gasteiger partial charge in [-0.2, -0.15) is 0 Å². The van der Waals surface area contributed by atoms with Gasteiger partial charge in [0.15, 0.2) is 10.1 Å². The average molecular weight is 301 g/mol. The number of nitrogens with zero attached hydrogens (tertiary/aromatic N) is 3. The van der Waals surface area contributed by atoms with Gasteiger partial charge in [-0.05, 0) is 6.42 Å². The van der Waals surface area contributed by atoms with Crippen molar-refractivity contribution in [2.24, 2.45) is 5.73 Å². The molecule has 0 aromatic carbocycles. The molecule has 0 saturated carbocycles. The van der Waals surface area contributed by atoms with Gasteiger partial charge >= 0.3 is 5.97 Å². The Kier molecular flexibility index (Phi) is 3.01. The van der Waals surface area contributed by atoms with E-state index < -0.39 is 11.5 Å². The van der Waals surface area contributed by atoms with Crippen molar-refractivity contribution in [1.29, 1.82) is 0 Å². The van der Waals surface area contributed by atoms with Crippen LogP contribution in [0.1, 0.15) is 12.1 Å². The summed E-state index contributed by atoms with van der Waals surface area (Å²) >= 11 is 7.64. The molecule has 1 fully saturated rings. The Morgan fingerprint density at radius 3 is 3.16 bits per heavy atom. The van der Waals surface area contributed by atoms with E-state index in [1.807, 2.05) is 20.9 Å². The van der Waals surface area contributed by atoms with Crippen molar-refractivity contribution < 1.29 is 9.90 Å². The lowest BCUT2D eigenvalue weighted by Gasteiger charge is -2.19. The summed E-state index contributed by atoms with van der Waals surface area (Å²) in [5.74, 6) is -0.949. The molecule has 3 N–H and O–H groups in total. The summed E-state index contributed by atoms with van der Waals surface area (Å²) in [6.07, 6.45) is 2.36. The average Bonchev–Trinajstić information content (AvgIpc) is 2.99. The third-order valence-electron chi connectivity index (χ3n) is 3.49. The lowest BCUT2D eigenvalue weighted by Crippen LogP contribution is -2.50. The van der Waals surface area contributed by atoms with Gasteiger partial charge in [-0.25, -0.2) is 4.98 Å². The van der Waals surface area contributed by atoms with Gasteiger partial charge in [0.25, 0.3) is 0 Å². The van der Waals surface area contributed by atoms with E-state index in [4.69, 9.17) is 22.4 Å². The van der Waals surface area contributed by atoms with Crippen molar-refractivity contribution in [1.82, 2.24) is 14.3 Å². The number of fused-ring (bicyclic) bond motifs is 1. The molecule has 1 aliphatic heterocycles. The van der Waals surface area contributed by atoms with Crippen molar-refractivity contribution in [2.75, 3.05) is 13.1 Å². The van der Waals surface area contributed by atoms with Gasteiger partial charge in [-0.1, -0.05) is 11.6 Å². The molecule has 2 aromatic rings. The molecule has 19 heavy (non-hydrogen) atoms. The highest BCUT2D eigenvalue weighted by atomic mass is 35.5. The first-order valence-electron chi connectivity index (χ1n) is 5.84. The third-order valence-corrected chi connectivity index (χ3v) is 4.55. The molecule has 8 heteroatoms. The van der Waals surface area contributed by atoms with Crippen LogP contribution in [0.15, 0.2) is 11.6 Å². The minimum Gasteiger partial charge on any atom is -0.480 e. The number of imidazole rings is 1. The molecule has 1 atom stereocenters. The maximum absolute atomic E-state index is 11.1. The fourth-order valence-electron chi connectivity index (χ4n) is 2.38. The summed E-state index contributed by atoms with van der Waals surface area (Å²) in [7, 11) is 0. The Bertz CT molecular complexity index is 640. The van der Waals surface area contributed by atoms with Crippen molar-refractivity contribution in [3.05, 3.63) is 22.4 Å². The molecule has 0 aliphatic carbocycles. The number of carbonyl (C=O) groups is 1. The van der Waals surface area contributed by atoms with Crippen LogP contribution in [0.5, 0.6) is 0 Å². The molecular formula is C11H13ClN4O2S. The summed E-state index contributed by atoms with van der Waals surface area (Å²) in [6, 6.07) is 0. The molecule has 0 bridgehead atoms. The molecule has 0 amide bonds. The number of likely N-dealkylation sites (tertiary alicyclic amines) is 1. The number of halogens is 1. The first-order valence-corrected chi connectivity index (χ1v) is 7.10. The summed E-state index contributed by atoms with van der Waals surface area (Å²) in [6.45, 7) is 1.54. The van der Waals surface area contributed by atoms with Gasteiger partial charge in [0.05, 0.1) is 5.69 Å². The van der Waals surface area contributed by atoms with E-state index in [9.17, 15) is 4.79 Å². The fourth-order valence-corrected chi connectivity index (χ4v) is 3.40. The second kappa shape index (κ2) is 4.45. The van der Waals surface area contributed by atoms with Gasteiger partial charge in [0.1, 0.15) is 5.54 Å². The number of rotatable bonds is 3. The van der Waals surface area contributed by atoms with Gasteiger partial charge < -0.3 is 10.8 Å². The van der Waals surface area contributed by atoms with Crippen LogP contribution in [-0.2, 0) is 11.3 Å². The summed E-state index contributed by atoms with van der Waals surface area (Å²) in [5.41, 5.74) is 5.59. The SMILES string of the molecule is N[C@]1(C(=O)O)CCN(Cc2c(Cl)nc3sccn23)C1. The van der Waals surface area contributed by atoms with E-state index in [1.54, 1.807) is 0 Å². The molecule has 3 rings (SSSR count). The number of aromatic nitrogens is 2. The predicted octanol–water partition coefficient (Wildman–Crippen LogP) is 1.04. The first kappa shape index (κ1) is 12.9. The van der Waals surface area contributed by atoms with Crippen LogP contribution < -0.4 is 5.73 Å². The Morgan fingerprint density at radius 1 is 1.68 bits per heavy atom. The number of hydrogen-bond acceptors (Lipinski definition) is 5. The minimum absolute atomic E-state index is 0.329. The van der Waals surface area contributed by atoms with Gasteiger partial charge in [0.2, 0.25) is 0 Å². The molecular weight excluding hydrogens is 288 g/mol. The van der Waals surface area contributed by atoms with Gasteiger partial charge in [-0.3, -0.25) is 14.1 Å².